The smallest absolute Gasteiger partial charge is 0.238 e. The summed E-state index contributed by atoms with van der Waals surface area (Å²) in [5.41, 5.74) is 8.80. The number of hydrogen-bond donors (Lipinski definition) is 3. The molecule has 0 radical (unpaired) electrons. The first kappa shape index (κ1) is 20.4. The molecule has 2 aromatic rings. The molecule has 24 heavy (non-hydrogen) atoms. The fourth-order valence-electron chi connectivity index (χ4n) is 2.02. The maximum absolute atomic E-state index is 11.2. The zero-order valence-electron chi connectivity index (χ0n) is 13.3. The molecule has 0 spiro atoms. The molecule has 0 unspecified atom stereocenters. The van der Waals surface area contributed by atoms with E-state index in [1.165, 1.54) is 17.7 Å². The first-order chi connectivity index (χ1) is 10.9. The van der Waals surface area contributed by atoms with Gasteiger partial charge in [0, 0.05) is 5.69 Å². The van der Waals surface area contributed by atoms with Crippen molar-refractivity contribution >= 4 is 45.6 Å². The summed E-state index contributed by atoms with van der Waals surface area (Å²) >= 11 is 0. The van der Waals surface area contributed by atoms with Crippen molar-refractivity contribution in [1.29, 1.82) is 0 Å². The molecule has 0 saturated carbocycles. The molecule has 2 rings (SSSR count). The zero-order valence-corrected chi connectivity index (χ0v) is 16.4. The van der Waals surface area contributed by atoms with Gasteiger partial charge in [-0.1, -0.05) is 31.2 Å². The minimum absolute atomic E-state index is 0. The minimum Gasteiger partial charge on any atom is -0.370 e. The number of primary sulfonamides is 1. The van der Waals surface area contributed by atoms with Gasteiger partial charge in [-0.25, -0.2) is 18.5 Å². The summed E-state index contributed by atoms with van der Waals surface area (Å²) in [5, 5.41) is 8.09. The highest BCUT2D eigenvalue weighted by Crippen LogP contribution is 2.12. The second-order valence-electron chi connectivity index (χ2n) is 5.07. The number of rotatable bonds is 5. The molecular weight excluding hydrogens is 439 g/mol. The molecule has 0 fully saturated rings. The van der Waals surface area contributed by atoms with Gasteiger partial charge >= 0.3 is 0 Å². The van der Waals surface area contributed by atoms with Gasteiger partial charge in [-0.05, 0) is 41.8 Å². The van der Waals surface area contributed by atoms with Crippen LogP contribution < -0.4 is 16.2 Å². The van der Waals surface area contributed by atoms with Gasteiger partial charge in [-0.3, -0.25) is 0 Å². The first-order valence-corrected chi connectivity index (χ1v) is 8.70. The van der Waals surface area contributed by atoms with Crippen molar-refractivity contribution in [2.45, 2.75) is 24.8 Å². The molecule has 2 aromatic carbocycles. The molecule has 130 valence electrons. The van der Waals surface area contributed by atoms with E-state index in [0.717, 1.165) is 17.7 Å². The summed E-state index contributed by atoms with van der Waals surface area (Å²) in [6.45, 7) is 2.43. The second-order valence-corrected chi connectivity index (χ2v) is 6.63. The minimum atomic E-state index is -3.67. The Morgan fingerprint density at radius 1 is 1.12 bits per heavy atom. The molecule has 0 aliphatic rings. The van der Waals surface area contributed by atoms with Crippen molar-refractivity contribution in [1.82, 2.24) is 0 Å². The van der Waals surface area contributed by atoms with Gasteiger partial charge in [0.15, 0.2) is 5.96 Å². The van der Waals surface area contributed by atoms with Crippen LogP contribution in [0.25, 0.3) is 0 Å². The summed E-state index contributed by atoms with van der Waals surface area (Å²) in [6.07, 6.45) is 0.947. The Balaban J connectivity index is 0.00000288. The van der Waals surface area contributed by atoms with E-state index in [0.29, 0.717) is 12.5 Å². The lowest BCUT2D eigenvalue weighted by atomic mass is 10.1. The van der Waals surface area contributed by atoms with E-state index in [4.69, 9.17) is 10.9 Å². The molecule has 0 aliphatic carbocycles. The fourth-order valence-corrected chi connectivity index (χ4v) is 2.53. The van der Waals surface area contributed by atoms with E-state index in [-0.39, 0.29) is 28.9 Å². The summed E-state index contributed by atoms with van der Waals surface area (Å²) in [7, 11) is -3.67. The predicted octanol–water partition coefficient (Wildman–Crippen LogP) is 2.44. The SMILES string of the molecule is CCc1cccc(NC(N)=NCc2ccc(S(N)(=O)=O)cc2)c1.I. The molecule has 0 atom stereocenters. The van der Waals surface area contributed by atoms with Gasteiger partial charge in [0.05, 0.1) is 11.4 Å². The number of nitrogens with two attached hydrogens (primary N) is 2. The topological polar surface area (TPSA) is 111 Å². The maximum atomic E-state index is 11.2. The number of halogens is 1. The van der Waals surface area contributed by atoms with E-state index in [1.54, 1.807) is 12.1 Å². The van der Waals surface area contributed by atoms with Gasteiger partial charge in [0.25, 0.3) is 0 Å². The molecule has 0 heterocycles. The summed E-state index contributed by atoms with van der Waals surface area (Å²) in [6, 6.07) is 14.2. The number of nitrogens with zero attached hydrogens (tertiary/aromatic N) is 1. The number of anilines is 1. The van der Waals surface area contributed by atoms with Gasteiger partial charge in [-0.2, -0.15) is 0 Å². The van der Waals surface area contributed by atoms with Gasteiger partial charge in [0.2, 0.25) is 10.0 Å². The monoisotopic (exact) mass is 460 g/mol. The van der Waals surface area contributed by atoms with Crippen LogP contribution in [0.5, 0.6) is 0 Å². The van der Waals surface area contributed by atoms with Crippen LogP contribution >= 0.6 is 24.0 Å². The molecular formula is C16H21IN4O2S. The third kappa shape index (κ3) is 6.10. The quantitative estimate of drug-likeness (QED) is 0.362. The Hall–Kier alpha value is -1.65. The predicted molar refractivity (Wildman–Crippen MR) is 108 cm³/mol. The highest BCUT2D eigenvalue weighted by Gasteiger charge is 2.06. The maximum Gasteiger partial charge on any atom is 0.238 e. The summed E-state index contributed by atoms with van der Waals surface area (Å²) in [4.78, 5) is 4.32. The highest BCUT2D eigenvalue weighted by atomic mass is 127. The molecule has 0 amide bonds. The summed E-state index contributed by atoms with van der Waals surface area (Å²) in [5.74, 6) is 0.300. The first-order valence-electron chi connectivity index (χ1n) is 7.16. The van der Waals surface area contributed by atoms with Crippen LogP contribution in [0.1, 0.15) is 18.1 Å². The number of sulfonamides is 1. The van der Waals surface area contributed by atoms with Gasteiger partial charge in [-0.15, -0.1) is 24.0 Å². The van der Waals surface area contributed by atoms with Crippen LogP contribution in [0.2, 0.25) is 0 Å². The molecule has 0 aromatic heterocycles. The number of hydrogen-bond acceptors (Lipinski definition) is 3. The van der Waals surface area contributed by atoms with Crippen LogP contribution in [0.15, 0.2) is 58.4 Å². The van der Waals surface area contributed by atoms with Crippen molar-refractivity contribution in [3.8, 4) is 0 Å². The fraction of sp³-hybridized carbons (Fsp3) is 0.188. The Bertz CT molecular complexity index is 805. The van der Waals surface area contributed by atoms with Crippen molar-refractivity contribution in [3.05, 3.63) is 59.7 Å². The largest absolute Gasteiger partial charge is 0.370 e. The molecule has 0 saturated heterocycles. The lowest BCUT2D eigenvalue weighted by Crippen LogP contribution is -2.22. The van der Waals surface area contributed by atoms with Crippen LogP contribution in [0, 0.1) is 0 Å². The molecule has 5 N–H and O–H groups in total. The number of benzene rings is 2. The lowest BCUT2D eigenvalue weighted by Gasteiger charge is -2.07. The number of guanidine groups is 1. The summed E-state index contributed by atoms with van der Waals surface area (Å²) < 4.78 is 22.4. The average molecular weight is 460 g/mol. The Labute approximate surface area is 159 Å². The highest BCUT2D eigenvalue weighted by molar-refractivity contribution is 14.0. The van der Waals surface area contributed by atoms with E-state index in [2.05, 4.69) is 17.2 Å². The third-order valence-electron chi connectivity index (χ3n) is 3.29. The number of aryl methyl sites for hydroxylation is 1. The van der Waals surface area contributed by atoms with E-state index >= 15 is 0 Å². The normalized spacial score (nSPS) is 11.7. The Morgan fingerprint density at radius 3 is 2.38 bits per heavy atom. The van der Waals surface area contributed by atoms with Gasteiger partial charge < -0.3 is 11.1 Å². The van der Waals surface area contributed by atoms with Crippen molar-refractivity contribution in [2.75, 3.05) is 5.32 Å². The molecule has 0 bridgehead atoms. The Kier molecular flexibility index (Phi) is 7.64. The van der Waals surface area contributed by atoms with Crippen molar-refractivity contribution in [2.24, 2.45) is 15.9 Å². The van der Waals surface area contributed by atoms with Crippen molar-refractivity contribution < 1.29 is 8.42 Å². The average Bonchev–Trinajstić information content (AvgIpc) is 2.52. The van der Waals surface area contributed by atoms with E-state index in [9.17, 15) is 8.42 Å². The molecule has 0 aliphatic heterocycles. The molecule has 8 heteroatoms. The van der Waals surface area contributed by atoms with Gasteiger partial charge in [0.1, 0.15) is 0 Å². The van der Waals surface area contributed by atoms with Crippen LogP contribution in [-0.4, -0.2) is 14.4 Å². The number of nitrogens with one attached hydrogen (secondary N) is 1. The molecule has 6 nitrogen and oxygen atoms in total. The number of aliphatic imine (C=N–C) groups is 1. The van der Waals surface area contributed by atoms with E-state index < -0.39 is 10.0 Å². The second kappa shape index (κ2) is 9.00. The third-order valence-corrected chi connectivity index (χ3v) is 4.22. The van der Waals surface area contributed by atoms with E-state index in [1.807, 2.05) is 24.3 Å². The van der Waals surface area contributed by atoms with Crippen molar-refractivity contribution in [3.63, 3.8) is 0 Å². The lowest BCUT2D eigenvalue weighted by molar-refractivity contribution is 0.598. The zero-order chi connectivity index (χ0) is 16.9. The van der Waals surface area contributed by atoms with Crippen LogP contribution in [0.4, 0.5) is 5.69 Å². The van der Waals surface area contributed by atoms with Crippen LogP contribution in [-0.2, 0) is 23.0 Å². The standard InChI is InChI=1S/C16H20N4O2S.HI/c1-2-12-4-3-5-14(10-12)20-16(17)19-11-13-6-8-15(9-7-13)23(18,21)22;/h3-10H,2,11H2,1H3,(H3,17,19,20)(H2,18,21,22);1H. The van der Waals surface area contributed by atoms with Crippen LogP contribution in [0.3, 0.4) is 0 Å². The Morgan fingerprint density at radius 2 is 1.79 bits per heavy atom.